The number of aliphatic imine (C=N–C) groups is 1. The smallest absolute Gasteiger partial charge is 0.337 e. The van der Waals surface area contributed by atoms with Crippen molar-refractivity contribution in [1.82, 2.24) is 0 Å². The third-order valence-corrected chi connectivity index (χ3v) is 6.17. The minimum absolute atomic E-state index is 0.0979. The van der Waals surface area contributed by atoms with Crippen LogP contribution in [-0.2, 0) is 20.2 Å². The van der Waals surface area contributed by atoms with Crippen molar-refractivity contribution in [3.05, 3.63) is 48.0 Å². The highest BCUT2D eigenvalue weighted by Crippen LogP contribution is 2.45. The second-order valence-electron chi connectivity index (χ2n) is 6.67. The monoisotopic (exact) mass is 508 g/mol. The quantitative estimate of drug-likeness (QED) is 0.170. The van der Waals surface area contributed by atoms with Crippen LogP contribution in [0.2, 0.25) is 0 Å². The summed E-state index contributed by atoms with van der Waals surface area (Å²) in [6.45, 7) is 3.10. The van der Waals surface area contributed by atoms with Crippen LogP contribution >= 0.6 is 0 Å². The van der Waals surface area contributed by atoms with Gasteiger partial charge in [0.25, 0.3) is 20.2 Å². The second-order valence-corrected chi connectivity index (χ2v) is 9.48. The maximum atomic E-state index is 12.0. The molecule has 3 rings (SSSR count). The van der Waals surface area contributed by atoms with E-state index in [1.165, 1.54) is 24.3 Å². The molecule has 0 heterocycles. The van der Waals surface area contributed by atoms with Crippen molar-refractivity contribution in [2.45, 2.75) is 9.79 Å². The number of nitrogens with zero attached hydrogens (tertiary/aromatic N) is 3. The van der Waals surface area contributed by atoms with Crippen molar-refractivity contribution < 1.29 is 40.9 Å². The molecule has 0 saturated carbocycles. The number of phenols is 1. The van der Waals surface area contributed by atoms with E-state index in [1.54, 1.807) is 0 Å². The Morgan fingerprint density at radius 3 is 2.26 bits per heavy atom. The van der Waals surface area contributed by atoms with Crippen LogP contribution in [0.25, 0.3) is 10.8 Å². The molecule has 0 aromatic heterocycles. The summed E-state index contributed by atoms with van der Waals surface area (Å²) in [6, 6.07) is 8.01. The minimum atomic E-state index is -5.05. The Balaban J connectivity index is 2.39. The lowest BCUT2D eigenvalue weighted by Crippen LogP contribution is -2.05. The Kier molecular flexibility index (Phi) is 6.65. The van der Waals surface area contributed by atoms with Crippen LogP contribution < -0.4 is 5.32 Å². The van der Waals surface area contributed by atoms with E-state index in [0.29, 0.717) is 0 Å². The van der Waals surface area contributed by atoms with E-state index in [9.17, 15) is 40.9 Å². The first kappa shape index (κ1) is 24.7. The van der Waals surface area contributed by atoms with Crippen molar-refractivity contribution in [2.24, 2.45) is 15.2 Å². The van der Waals surface area contributed by atoms with Crippen LogP contribution in [-0.4, -0.2) is 55.5 Å². The Hall–Kier alpha value is -3.92. The molecule has 0 bridgehead atoms. The molecule has 0 unspecified atom stereocenters. The van der Waals surface area contributed by atoms with Crippen molar-refractivity contribution >= 4 is 60.8 Å². The molecule has 3 aromatic rings. The van der Waals surface area contributed by atoms with Crippen LogP contribution in [0.5, 0.6) is 5.75 Å². The first-order chi connectivity index (χ1) is 15.8. The fourth-order valence-electron chi connectivity index (χ4n) is 3.03. The lowest BCUT2D eigenvalue weighted by atomic mass is 10.1. The first-order valence-corrected chi connectivity index (χ1v) is 11.9. The van der Waals surface area contributed by atoms with E-state index in [1.807, 2.05) is 0 Å². The van der Waals surface area contributed by atoms with Gasteiger partial charge in [-0.05, 0) is 42.4 Å². The minimum Gasteiger partial charge on any atom is -0.505 e. The van der Waals surface area contributed by atoms with E-state index in [0.717, 1.165) is 18.2 Å². The van der Waals surface area contributed by atoms with Gasteiger partial charge in [0.1, 0.15) is 22.9 Å². The van der Waals surface area contributed by atoms with Crippen molar-refractivity contribution in [2.75, 3.05) is 12.0 Å². The standard InChI is InChI=1S/C19H16N4O9S2/c1-20-9-21-14-8-11(33(27,28)29)6-10-7-15(34(30,31)32)17(18(24)16(10)14)23-22-13-5-3-2-4-12(13)19(25)26/h2-8,21,24H,1,9H2,(H,25,26)(H,27,28,29)(H,30,31,32). The summed E-state index contributed by atoms with van der Waals surface area (Å²) in [4.78, 5) is 13.3. The van der Waals surface area contributed by atoms with Crippen LogP contribution in [0, 0.1) is 0 Å². The van der Waals surface area contributed by atoms with Gasteiger partial charge in [0, 0.05) is 11.1 Å². The van der Waals surface area contributed by atoms with Gasteiger partial charge in [-0.2, -0.15) is 16.8 Å². The van der Waals surface area contributed by atoms with Gasteiger partial charge in [-0.1, -0.05) is 12.1 Å². The molecule has 178 valence electrons. The number of fused-ring (bicyclic) bond motifs is 1. The molecule has 0 fully saturated rings. The normalized spacial score (nSPS) is 12.2. The molecule has 34 heavy (non-hydrogen) atoms. The zero-order valence-electron chi connectivity index (χ0n) is 16.9. The van der Waals surface area contributed by atoms with Gasteiger partial charge in [-0.25, -0.2) is 4.79 Å². The molecule has 0 saturated heterocycles. The van der Waals surface area contributed by atoms with E-state index < -0.39 is 47.4 Å². The summed E-state index contributed by atoms with van der Waals surface area (Å²) in [5.41, 5.74) is -1.28. The maximum absolute atomic E-state index is 12.0. The number of aromatic hydroxyl groups is 1. The summed E-state index contributed by atoms with van der Waals surface area (Å²) in [7, 11) is -9.80. The fraction of sp³-hybridized carbons (Fsp3) is 0.0526. The highest BCUT2D eigenvalue weighted by atomic mass is 32.2. The summed E-state index contributed by atoms with van der Waals surface area (Å²) in [6.07, 6.45) is 0. The molecule has 0 aliphatic carbocycles. The fourth-order valence-corrected chi connectivity index (χ4v) is 4.23. The van der Waals surface area contributed by atoms with Crippen molar-refractivity contribution in [1.29, 1.82) is 0 Å². The highest BCUT2D eigenvalue weighted by molar-refractivity contribution is 7.86. The van der Waals surface area contributed by atoms with E-state index >= 15 is 0 Å². The average molecular weight is 508 g/mol. The average Bonchev–Trinajstić information content (AvgIpc) is 2.75. The predicted molar refractivity (Wildman–Crippen MR) is 121 cm³/mol. The van der Waals surface area contributed by atoms with Crippen LogP contribution in [0.3, 0.4) is 0 Å². The van der Waals surface area contributed by atoms with Gasteiger partial charge in [-0.15, -0.1) is 10.2 Å². The second kappa shape index (κ2) is 9.14. The van der Waals surface area contributed by atoms with E-state index in [2.05, 4.69) is 27.3 Å². The molecule has 5 N–H and O–H groups in total. The number of carboxylic acids is 1. The number of hydrogen-bond donors (Lipinski definition) is 5. The van der Waals surface area contributed by atoms with E-state index in [4.69, 9.17) is 0 Å². The zero-order chi connectivity index (χ0) is 25.3. The zero-order valence-corrected chi connectivity index (χ0v) is 18.6. The van der Waals surface area contributed by atoms with Crippen LogP contribution in [0.1, 0.15) is 10.4 Å². The molecular formula is C19H16N4O9S2. The number of carboxylic acid groups (broad SMARTS) is 1. The number of aromatic carboxylic acids is 1. The maximum Gasteiger partial charge on any atom is 0.337 e. The Labute approximate surface area is 192 Å². The summed E-state index contributed by atoms with van der Waals surface area (Å²) in [5, 5.41) is 29.8. The number of azo groups is 1. The number of benzene rings is 3. The van der Waals surface area contributed by atoms with Gasteiger partial charge < -0.3 is 15.5 Å². The molecule has 15 heteroatoms. The SMILES string of the molecule is C=NCNc1cc(S(=O)(=O)O)cc2cc(S(=O)(=O)O)c(N=Nc3ccccc3C(=O)O)c(O)c12. The van der Waals surface area contributed by atoms with Crippen molar-refractivity contribution in [3.63, 3.8) is 0 Å². The Morgan fingerprint density at radius 1 is 1.00 bits per heavy atom. The van der Waals surface area contributed by atoms with Gasteiger partial charge in [0.2, 0.25) is 0 Å². The molecule has 13 nitrogen and oxygen atoms in total. The van der Waals surface area contributed by atoms with E-state index in [-0.39, 0.29) is 34.4 Å². The van der Waals surface area contributed by atoms with Crippen LogP contribution in [0.15, 0.2) is 67.5 Å². The summed E-state index contributed by atoms with van der Waals surface area (Å²) in [5.74, 6) is -2.18. The third-order valence-electron chi connectivity index (χ3n) is 4.47. The topological polar surface area (TPSA) is 215 Å². The lowest BCUT2D eigenvalue weighted by Gasteiger charge is -2.14. The largest absolute Gasteiger partial charge is 0.505 e. The Morgan fingerprint density at radius 2 is 1.68 bits per heavy atom. The molecule has 0 spiro atoms. The number of nitrogens with one attached hydrogen (secondary N) is 1. The summed E-state index contributed by atoms with van der Waals surface area (Å²) < 4.78 is 66.5. The van der Waals surface area contributed by atoms with Crippen molar-refractivity contribution in [3.8, 4) is 5.75 Å². The molecular weight excluding hydrogens is 492 g/mol. The lowest BCUT2D eigenvalue weighted by molar-refractivity contribution is 0.0697. The summed E-state index contributed by atoms with van der Waals surface area (Å²) >= 11 is 0. The molecule has 0 atom stereocenters. The molecule has 0 aliphatic heterocycles. The molecule has 0 aliphatic rings. The van der Waals surface area contributed by atoms with Gasteiger partial charge in [-0.3, -0.25) is 14.1 Å². The first-order valence-electron chi connectivity index (χ1n) is 9.03. The van der Waals surface area contributed by atoms with Gasteiger partial charge in [0.15, 0.2) is 5.75 Å². The third kappa shape index (κ3) is 5.01. The number of rotatable bonds is 8. The predicted octanol–water partition coefficient (Wildman–Crippen LogP) is 3.22. The number of anilines is 1. The number of phenolic OH excluding ortho intramolecular Hbond substituents is 1. The van der Waals surface area contributed by atoms with Crippen LogP contribution in [0.4, 0.5) is 17.1 Å². The highest BCUT2D eigenvalue weighted by Gasteiger charge is 2.25. The Bertz CT molecular complexity index is 1570. The molecule has 3 aromatic carbocycles. The molecule has 0 amide bonds. The van der Waals surface area contributed by atoms with Gasteiger partial charge in [0.05, 0.1) is 10.5 Å². The number of carbonyl (C=O) groups is 1. The van der Waals surface area contributed by atoms with Gasteiger partial charge >= 0.3 is 5.97 Å². The number of hydrogen-bond acceptors (Lipinski definition) is 10. The molecule has 0 radical (unpaired) electrons.